The molecule has 0 saturated carbocycles. The summed E-state index contributed by atoms with van der Waals surface area (Å²) in [5.74, 6) is -3.17. The van der Waals surface area contributed by atoms with Crippen LogP contribution in [0.3, 0.4) is 0 Å². The third kappa shape index (κ3) is 10.4. The lowest BCUT2D eigenvalue weighted by atomic mass is 9.91. The van der Waals surface area contributed by atoms with Crippen molar-refractivity contribution >= 4 is 61.2 Å². The molecule has 1 fully saturated rings. The Kier molecular flexibility index (Phi) is 14.9. The van der Waals surface area contributed by atoms with E-state index in [1.807, 2.05) is 45.1 Å². The molecule has 0 aliphatic carbocycles. The number of benzene rings is 2. The van der Waals surface area contributed by atoms with Crippen LogP contribution in [-0.2, 0) is 39.6 Å². The highest BCUT2D eigenvalue weighted by molar-refractivity contribution is 7.89. The van der Waals surface area contributed by atoms with Crippen molar-refractivity contribution in [2.24, 2.45) is 18.0 Å². The van der Waals surface area contributed by atoms with E-state index in [2.05, 4.69) is 55.1 Å². The fourth-order valence-electron chi connectivity index (χ4n) is 10.9. The monoisotopic (exact) mass is 1110 g/mol. The number of nitrogens with zero attached hydrogens (tertiary/aromatic N) is 8. The van der Waals surface area contributed by atoms with Crippen molar-refractivity contribution in [2.75, 3.05) is 37.4 Å². The summed E-state index contributed by atoms with van der Waals surface area (Å²) in [5.41, 5.74) is 9.63. The molecule has 3 aliphatic heterocycles. The minimum absolute atomic E-state index is 0.0214. The Bertz CT molecular complexity index is 3650. The summed E-state index contributed by atoms with van der Waals surface area (Å²) in [7, 11) is -2.12. The van der Waals surface area contributed by atoms with Crippen LogP contribution in [0.15, 0.2) is 86.9 Å². The van der Waals surface area contributed by atoms with Crippen molar-refractivity contribution in [1.82, 2.24) is 45.3 Å². The number of hydrazine groups is 1. The van der Waals surface area contributed by atoms with Crippen molar-refractivity contribution in [3.05, 3.63) is 128 Å². The molecule has 10 rings (SSSR count). The standard InChI is InChI=1S/C55H61F2N11O8S2/c1-8-68-55(5,35-14-12-32(13-15-35)49-31(4)61-29-77-49)62-50(63-68)43-20-37(69)26-67(43)53(71)46(30(2)3)44-22-45(64-76-44)75-17-11-9-10-16-58-52(70)38-21-42-39(18-33(38)28-78(7,73)74)40-27-65(6)54(72)48-47(40)34(23-59-48)25-66(42)51-41(57)19-36(56)24-60-51/h12-15,18-19,21-24,27,29-30,37,43,46,59,69H,8-11,16-17,20,25-26,28H2,1-7H3,(H,58,70)(H,62,63)/t37-,43+,46?,55-/m1/s1. The molecule has 3 aliphatic rings. The minimum atomic E-state index is -3.70. The summed E-state index contributed by atoms with van der Waals surface area (Å²) in [4.78, 5) is 62.9. The van der Waals surface area contributed by atoms with Gasteiger partial charge in [0.1, 0.15) is 23.1 Å². The molecule has 4 atom stereocenters. The van der Waals surface area contributed by atoms with Gasteiger partial charge in [-0.2, -0.15) is 5.01 Å². The van der Waals surface area contributed by atoms with Crippen molar-refractivity contribution < 1.29 is 41.2 Å². The summed E-state index contributed by atoms with van der Waals surface area (Å²) in [6.07, 6.45) is 6.43. The van der Waals surface area contributed by atoms with E-state index in [1.54, 1.807) is 47.8 Å². The van der Waals surface area contributed by atoms with Gasteiger partial charge in [0.15, 0.2) is 32.9 Å². The molecule has 1 saturated heterocycles. The first-order chi connectivity index (χ1) is 37.2. The molecule has 0 radical (unpaired) electrons. The number of H-pyrrole nitrogens is 1. The average Bonchev–Trinajstić information content (AvgIpc) is 4.42. The zero-order valence-corrected chi connectivity index (χ0v) is 45.9. The normalized spacial score (nSPS) is 18.8. The van der Waals surface area contributed by atoms with Crippen molar-refractivity contribution in [3.63, 3.8) is 0 Å². The van der Waals surface area contributed by atoms with E-state index in [1.165, 1.54) is 15.5 Å². The molecular formula is C55H61F2N11O8S2. The number of β-amino-alcohol motifs (C(OH)–C–C–N with tert-alkyl or cyclic N) is 1. The summed E-state index contributed by atoms with van der Waals surface area (Å²) in [5, 5.41) is 20.7. The molecule has 19 nitrogen and oxygen atoms in total. The first-order valence-electron chi connectivity index (χ1n) is 25.9. The van der Waals surface area contributed by atoms with Crippen LogP contribution in [0.1, 0.15) is 97.8 Å². The second-order valence-corrected chi connectivity index (χ2v) is 23.7. The fraction of sp³-hybridized carbons (Fsp3) is 0.400. The number of aromatic nitrogens is 5. The molecule has 0 spiro atoms. The number of nitrogens with one attached hydrogen (secondary N) is 3. The first-order valence-corrected chi connectivity index (χ1v) is 28.8. The SMILES string of the molecule is CCN1NC([C@@H]2C[C@@H](O)CN2C(=O)C(c2cc(OCCCCCNC(=O)c3cc4c(cc3CS(C)(=O)=O)-c3cn(C)c(=O)c5[nH]cc(c35)CN4c3ncc(F)cc3F)no2)C(C)C)=N[C@@]1(C)c1ccc(-c2scnc2C)cc1. The molecule has 0 bridgehead atoms. The van der Waals surface area contributed by atoms with Gasteiger partial charge in [0.05, 0.1) is 59.0 Å². The number of aryl methyl sites for hydroxylation is 2. The molecule has 8 heterocycles. The highest BCUT2D eigenvalue weighted by Gasteiger charge is 2.47. The van der Waals surface area contributed by atoms with Crippen LogP contribution in [0.25, 0.3) is 32.5 Å². The lowest BCUT2D eigenvalue weighted by Gasteiger charge is -2.32. The predicted octanol–water partition coefficient (Wildman–Crippen LogP) is 7.62. The van der Waals surface area contributed by atoms with Crippen molar-refractivity contribution in [2.45, 2.75) is 96.3 Å². The Labute approximate surface area is 453 Å². The number of aliphatic hydroxyl groups is 1. The number of pyridine rings is 2. The van der Waals surface area contributed by atoms with Gasteiger partial charge < -0.3 is 44.5 Å². The minimum Gasteiger partial charge on any atom is -0.476 e. The smallest absolute Gasteiger partial charge is 0.274 e. The van der Waals surface area contributed by atoms with Gasteiger partial charge in [0.2, 0.25) is 5.91 Å². The Morgan fingerprint density at radius 1 is 1.08 bits per heavy atom. The quantitative estimate of drug-likeness (QED) is 0.0606. The fourth-order valence-corrected chi connectivity index (χ4v) is 12.5. The maximum absolute atomic E-state index is 15.6. The van der Waals surface area contributed by atoms with Gasteiger partial charge in [0.25, 0.3) is 17.3 Å². The number of rotatable bonds is 18. The molecule has 7 aromatic rings. The largest absolute Gasteiger partial charge is 0.476 e. The third-order valence-corrected chi connectivity index (χ3v) is 16.6. The van der Waals surface area contributed by atoms with Crippen LogP contribution in [0.5, 0.6) is 5.88 Å². The number of carbonyl (C=O) groups excluding carboxylic acids is 2. The van der Waals surface area contributed by atoms with E-state index in [-0.39, 0.29) is 72.0 Å². The number of unbranched alkanes of at least 4 members (excludes halogenated alkanes) is 2. The number of carbonyl (C=O) groups is 2. The van der Waals surface area contributed by atoms with E-state index in [0.29, 0.717) is 77.7 Å². The number of amides is 2. The second-order valence-electron chi connectivity index (χ2n) is 20.7. The van der Waals surface area contributed by atoms with E-state index >= 15 is 4.39 Å². The Morgan fingerprint density at radius 2 is 1.86 bits per heavy atom. The Morgan fingerprint density at radius 3 is 2.56 bits per heavy atom. The maximum atomic E-state index is 15.6. The summed E-state index contributed by atoms with van der Waals surface area (Å²) >= 11 is 1.60. The molecule has 2 aromatic carbocycles. The number of aliphatic imine (C=N–C) groups is 1. The molecule has 2 amide bonds. The number of anilines is 2. The van der Waals surface area contributed by atoms with Gasteiger partial charge in [-0.05, 0) is 78.6 Å². The highest BCUT2D eigenvalue weighted by atomic mass is 32.2. The van der Waals surface area contributed by atoms with Gasteiger partial charge in [-0.15, -0.1) is 11.3 Å². The molecule has 5 aromatic heterocycles. The van der Waals surface area contributed by atoms with Crippen LogP contribution in [0.2, 0.25) is 0 Å². The van der Waals surface area contributed by atoms with Crippen molar-refractivity contribution in [1.29, 1.82) is 0 Å². The topological polar surface area (TPSA) is 233 Å². The molecule has 78 heavy (non-hydrogen) atoms. The first kappa shape index (κ1) is 54.0. The number of aromatic amines is 1. The van der Waals surface area contributed by atoms with Gasteiger partial charge in [-0.3, -0.25) is 14.4 Å². The number of aliphatic hydroxyl groups excluding tert-OH is 1. The van der Waals surface area contributed by atoms with Crippen molar-refractivity contribution in [3.8, 4) is 27.4 Å². The number of hydrogen-bond donors (Lipinski definition) is 4. The van der Waals surface area contributed by atoms with E-state index in [4.69, 9.17) is 14.3 Å². The van der Waals surface area contributed by atoms with Gasteiger partial charge in [-0.25, -0.2) is 32.2 Å². The number of ether oxygens (including phenoxy) is 1. The number of amidine groups is 1. The van der Waals surface area contributed by atoms with E-state index in [0.717, 1.165) is 34.2 Å². The predicted molar refractivity (Wildman–Crippen MR) is 292 cm³/mol. The average molecular weight is 1110 g/mol. The molecule has 23 heteroatoms. The number of likely N-dealkylation sites (tertiary alicyclic amines) is 1. The number of thiazole rings is 1. The molecular weight excluding hydrogens is 1040 g/mol. The summed E-state index contributed by atoms with van der Waals surface area (Å²) in [6, 6.07) is 13.2. The summed E-state index contributed by atoms with van der Waals surface area (Å²) in [6.45, 7) is 11.1. The number of halogens is 2. The van der Waals surface area contributed by atoms with Crippen LogP contribution >= 0.6 is 11.3 Å². The molecule has 4 N–H and O–H groups in total. The number of fused-ring (bicyclic) bond motifs is 2. The van der Waals surface area contributed by atoms with Crippen LogP contribution < -0.4 is 25.9 Å². The number of hydrogen-bond acceptors (Lipinski definition) is 16. The highest BCUT2D eigenvalue weighted by Crippen LogP contribution is 2.45. The zero-order chi connectivity index (χ0) is 55.4. The lowest BCUT2D eigenvalue weighted by Crippen LogP contribution is -2.51. The van der Waals surface area contributed by atoms with Gasteiger partial charge >= 0.3 is 0 Å². The molecule has 410 valence electrons. The van der Waals surface area contributed by atoms with Crippen LogP contribution in [0.4, 0.5) is 20.3 Å². The number of sulfone groups is 1. The van der Waals surface area contributed by atoms with Crippen LogP contribution in [-0.4, -0.2) is 110 Å². The lowest BCUT2D eigenvalue weighted by molar-refractivity contribution is -0.134. The Balaban J connectivity index is 0.786. The van der Waals surface area contributed by atoms with Crippen LogP contribution in [0, 0.1) is 24.5 Å². The zero-order valence-electron chi connectivity index (χ0n) is 44.3. The Hall–Kier alpha value is -7.34. The van der Waals surface area contributed by atoms with E-state index < -0.39 is 56.9 Å². The van der Waals surface area contributed by atoms with E-state index in [9.17, 15) is 32.3 Å². The second kappa shape index (κ2) is 21.5. The summed E-state index contributed by atoms with van der Waals surface area (Å²) < 4.78 is 68.6. The third-order valence-electron chi connectivity index (χ3n) is 14.8. The molecule has 1 unspecified atom stereocenters. The van der Waals surface area contributed by atoms with Gasteiger partial charge in [0, 0.05) is 86.0 Å². The maximum Gasteiger partial charge on any atom is 0.274 e. The van der Waals surface area contributed by atoms with Gasteiger partial charge in [-0.1, -0.05) is 45.0 Å².